The van der Waals surface area contributed by atoms with Gasteiger partial charge in [0, 0.05) is 8.22 Å². The van der Waals surface area contributed by atoms with Crippen LogP contribution < -0.4 is 0 Å². The van der Waals surface area contributed by atoms with Crippen LogP contribution in [0.1, 0.15) is 114 Å². The van der Waals surface area contributed by atoms with Gasteiger partial charge in [0.25, 0.3) is 0 Å². The van der Waals surface area contributed by atoms with Gasteiger partial charge in [-0.3, -0.25) is 0 Å². The minimum absolute atomic E-state index is 0.182. The van der Waals surface area contributed by atoms with Crippen LogP contribution in [-0.4, -0.2) is 45.3 Å². The number of fused-ring (bicyclic) bond motifs is 5. The monoisotopic (exact) mass is 482 g/mol. The third kappa shape index (κ3) is 4.91. The molecule has 0 spiro atoms. The molecular weight excluding hydrogens is 424 g/mol. The second-order valence-corrected chi connectivity index (χ2v) is 13.4. The van der Waals surface area contributed by atoms with Gasteiger partial charge < -0.3 is 20.1 Å². The lowest BCUT2D eigenvalue weighted by Crippen LogP contribution is -2.54. The molecule has 3 fully saturated rings. The first kappa shape index (κ1) is 19.7. The van der Waals surface area contributed by atoms with Crippen molar-refractivity contribution < 1.29 is 28.3 Å². The van der Waals surface area contributed by atoms with Gasteiger partial charge in [-0.15, -0.1) is 0 Å². The molecule has 4 heteroatoms. The van der Waals surface area contributed by atoms with Crippen LogP contribution in [-0.2, 0) is 4.74 Å². The zero-order chi connectivity index (χ0) is 30.1. The Bertz CT molecular complexity index is 941. The lowest BCUT2D eigenvalue weighted by atomic mass is 9.46. The molecule has 34 heavy (non-hydrogen) atoms. The van der Waals surface area contributed by atoms with Gasteiger partial charge in [0.2, 0.25) is 0 Å². The summed E-state index contributed by atoms with van der Waals surface area (Å²) in [4.78, 5) is 0. The van der Waals surface area contributed by atoms with Crippen molar-refractivity contribution in [2.24, 2.45) is 40.4 Å². The maximum Gasteiger partial charge on any atom is 0.102 e. The Morgan fingerprint density at radius 2 is 1.82 bits per heavy atom. The Hall–Kier alpha value is -0.420. The number of rotatable bonds is 7. The molecule has 0 bridgehead atoms. The van der Waals surface area contributed by atoms with Crippen molar-refractivity contribution in [2.75, 3.05) is 6.61 Å². The van der Waals surface area contributed by atoms with Crippen molar-refractivity contribution in [2.45, 2.75) is 130 Å². The number of aliphatic hydroxyl groups excluding tert-OH is 1. The van der Waals surface area contributed by atoms with Crippen LogP contribution in [0.3, 0.4) is 0 Å². The van der Waals surface area contributed by atoms with Crippen molar-refractivity contribution in [1.29, 1.82) is 0 Å². The molecule has 0 radical (unpaired) electrons. The molecule has 0 heterocycles. The zero-order valence-corrected chi connectivity index (χ0v) is 21.9. The van der Waals surface area contributed by atoms with E-state index in [1.165, 1.54) is 19.3 Å². The summed E-state index contributed by atoms with van der Waals surface area (Å²) in [5.74, 6) is 2.87. The molecule has 3 N–H and O–H groups in total. The Labute approximate surface area is 217 Å². The van der Waals surface area contributed by atoms with E-state index in [4.69, 9.17) is 13.0 Å². The molecule has 4 nitrogen and oxygen atoms in total. The molecule has 9 atom stereocenters. The maximum atomic E-state index is 11.4. The van der Waals surface area contributed by atoms with Gasteiger partial charge >= 0.3 is 0 Å². The fourth-order valence-electron chi connectivity index (χ4n) is 8.87. The molecular formula is C30H52O4. The fraction of sp³-hybridized carbons (Fsp3) is 0.933. The first-order chi connectivity index (χ1) is 18.2. The molecule has 0 aromatic carbocycles. The van der Waals surface area contributed by atoms with E-state index >= 15 is 0 Å². The normalized spacial score (nSPS) is 46.9. The minimum atomic E-state index is -3.15. The molecule has 0 aliphatic heterocycles. The third-order valence-electron chi connectivity index (χ3n) is 10.6. The second-order valence-electron chi connectivity index (χ2n) is 13.4. The lowest BCUT2D eigenvalue weighted by Gasteiger charge is -2.59. The third-order valence-corrected chi connectivity index (χ3v) is 10.6. The van der Waals surface area contributed by atoms with E-state index in [0.717, 1.165) is 37.7 Å². The van der Waals surface area contributed by atoms with E-state index in [9.17, 15) is 15.3 Å². The predicted octanol–water partition coefficient (Wildman–Crippen LogP) is 5.88. The van der Waals surface area contributed by atoms with E-state index in [1.54, 1.807) is 0 Å². The maximum absolute atomic E-state index is 11.4. The topological polar surface area (TPSA) is 69.9 Å². The molecule has 0 unspecified atom stereocenters. The molecule has 4 aliphatic carbocycles. The Balaban J connectivity index is 1.49. The quantitative estimate of drug-likeness (QED) is 0.396. The summed E-state index contributed by atoms with van der Waals surface area (Å²) in [6, 6.07) is 0. The summed E-state index contributed by atoms with van der Waals surface area (Å²) < 4.78 is 51.4. The average molecular weight is 483 g/mol. The molecule has 4 aliphatic rings. The highest BCUT2D eigenvalue weighted by molar-refractivity contribution is 5.29. The molecule has 0 amide bonds. The number of hydrogen-bond donors (Lipinski definition) is 3. The van der Waals surface area contributed by atoms with Crippen molar-refractivity contribution in [3.05, 3.63) is 11.6 Å². The SMILES string of the molecule is [2H]C([2H])([2H])C(O)(CO[C@H]1CC[C@@]2(C)C(=CC[C@H]3[C@@H]4CC[C@H]([C@H](C)CCC(C)(C)O)[C@@]4(C)CC[C@@H]32)[C@H]1O)C([2H])([2H])[2H]. The first-order valence-electron chi connectivity index (χ1n) is 16.6. The summed E-state index contributed by atoms with van der Waals surface area (Å²) in [5, 5.41) is 32.3. The standard InChI is InChI=1S/C30H52O4/c1-19(12-15-27(2,3)32)21-10-11-22-20-8-9-24-26(31)25(34-18-28(4,5)33)14-17-30(24,7)23(20)13-16-29(21,22)6/h9,19-23,25-26,31-33H,8,10-18H2,1-7H3/t19-,20+,21-,22+,23+,25+,26-,29-,30-/m1/s1/i4D3,5D3. The zero-order valence-electron chi connectivity index (χ0n) is 27.9. The fourth-order valence-corrected chi connectivity index (χ4v) is 8.87. The summed E-state index contributed by atoms with van der Waals surface area (Å²) in [5.41, 5.74) is -2.59. The number of allylic oxidation sites excluding steroid dienone is 1. The molecule has 3 saturated carbocycles. The number of hydrogen-bond acceptors (Lipinski definition) is 4. The van der Waals surface area contributed by atoms with Crippen molar-refractivity contribution >= 4 is 0 Å². The van der Waals surface area contributed by atoms with Crippen molar-refractivity contribution in [1.82, 2.24) is 0 Å². The average Bonchev–Trinajstić information content (AvgIpc) is 3.17. The van der Waals surface area contributed by atoms with Crippen LogP contribution in [0.2, 0.25) is 0 Å². The highest BCUT2D eigenvalue weighted by atomic mass is 16.5. The van der Waals surface area contributed by atoms with Gasteiger partial charge in [-0.05, 0) is 131 Å². The van der Waals surface area contributed by atoms with Gasteiger partial charge in [0.15, 0.2) is 0 Å². The van der Waals surface area contributed by atoms with Crippen molar-refractivity contribution in [3.63, 3.8) is 0 Å². The Morgan fingerprint density at radius 3 is 2.50 bits per heavy atom. The minimum Gasteiger partial charge on any atom is -0.390 e. The van der Waals surface area contributed by atoms with Gasteiger partial charge in [-0.25, -0.2) is 0 Å². The second kappa shape index (κ2) is 9.15. The first-order valence-corrected chi connectivity index (χ1v) is 13.6. The summed E-state index contributed by atoms with van der Waals surface area (Å²) >= 11 is 0. The highest BCUT2D eigenvalue weighted by Gasteiger charge is 2.60. The van der Waals surface area contributed by atoms with Crippen LogP contribution in [0, 0.1) is 40.4 Å². The van der Waals surface area contributed by atoms with Crippen LogP contribution in [0.4, 0.5) is 0 Å². The molecule has 0 aromatic heterocycles. The van der Waals surface area contributed by atoms with Crippen molar-refractivity contribution in [3.8, 4) is 0 Å². The van der Waals surface area contributed by atoms with Crippen LogP contribution in [0.25, 0.3) is 0 Å². The summed E-state index contributed by atoms with van der Waals surface area (Å²) in [6.07, 6.45) is 9.23. The van der Waals surface area contributed by atoms with Gasteiger partial charge in [-0.2, -0.15) is 0 Å². The smallest absolute Gasteiger partial charge is 0.102 e. The predicted molar refractivity (Wildman–Crippen MR) is 137 cm³/mol. The highest BCUT2D eigenvalue weighted by Crippen LogP contribution is 2.67. The molecule has 0 aromatic rings. The molecule has 0 saturated heterocycles. The van der Waals surface area contributed by atoms with Gasteiger partial charge in [-0.1, -0.05) is 26.8 Å². The largest absolute Gasteiger partial charge is 0.390 e. The van der Waals surface area contributed by atoms with E-state index in [0.29, 0.717) is 36.0 Å². The Morgan fingerprint density at radius 1 is 1.09 bits per heavy atom. The molecule has 196 valence electrons. The lowest BCUT2D eigenvalue weighted by molar-refractivity contribution is -0.120. The van der Waals surface area contributed by atoms with Gasteiger partial charge in [0.05, 0.1) is 23.9 Å². The van der Waals surface area contributed by atoms with E-state index < -0.39 is 43.7 Å². The van der Waals surface area contributed by atoms with E-state index in [2.05, 4.69) is 26.8 Å². The van der Waals surface area contributed by atoms with E-state index in [-0.39, 0.29) is 10.8 Å². The molecule has 4 rings (SSSR count). The Kier molecular flexibility index (Phi) is 5.29. The summed E-state index contributed by atoms with van der Waals surface area (Å²) in [6.45, 7) is 3.74. The van der Waals surface area contributed by atoms with Crippen LogP contribution in [0.15, 0.2) is 11.6 Å². The number of ether oxygens (including phenoxy) is 1. The van der Waals surface area contributed by atoms with E-state index in [1.807, 2.05) is 13.8 Å². The van der Waals surface area contributed by atoms with Crippen LogP contribution in [0.5, 0.6) is 0 Å². The van der Waals surface area contributed by atoms with Crippen LogP contribution >= 0.6 is 0 Å². The summed E-state index contributed by atoms with van der Waals surface area (Å²) in [7, 11) is 0. The van der Waals surface area contributed by atoms with Gasteiger partial charge in [0.1, 0.15) is 6.10 Å². The number of aliphatic hydroxyl groups is 3.